The molecule has 5 nitrogen and oxygen atoms in total. The summed E-state index contributed by atoms with van der Waals surface area (Å²) in [5, 5.41) is 0. The number of rotatable bonds is 4. The van der Waals surface area contributed by atoms with Crippen LogP contribution in [0.4, 0.5) is 4.39 Å². The molecule has 0 aromatic heterocycles. The molecule has 2 aliphatic heterocycles. The number of likely N-dealkylation sites (tertiary alicyclic amines) is 2. The lowest BCUT2D eigenvalue weighted by Gasteiger charge is -2.24. The van der Waals surface area contributed by atoms with Crippen LogP contribution in [-0.2, 0) is 4.79 Å². The second-order valence-electron chi connectivity index (χ2n) is 7.74. The minimum Gasteiger partial charge on any atom is -0.497 e. The zero-order valence-electron chi connectivity index (χ0n) is 16.5. The van der Waals surface area contributed by atoms with E-state index in [1.54, 1.807) is 48.4 Å². The fraction of sp³-hybridized carbons (Fsp3) is 0.391. The number of benzene rings is 2. The van der Waals surface area contributed by atoms with Gasteiger partial charge in [-0.15, -0.1) is 0 Å². The fourth-order valence-corrected chi connectivity index (χ4v) is 4.36. The number of carbonyl (C=O) groups excluding carboxylic acids is 2. The number of hydrogen-bond donors (Lipinski definition) is 0. The third kappa shape index (κ3) is 3.97. The summed E-state index contributed by atoms with van der Waals surface area (Å²) in [6.45, 7) is 2.37. The number of halogens is 1. The lowest BCUT2D eigenvalue weighted by Crippen LogP contribution is -2.37. The largest absolute Gasteiger partial charge is 0.497 e. The Labute approximate surface area is 170 Å². The average molecular weight is 396 g/mol. The van der Waals surface area contributed by atoms with Gasteiger partial charge >= 0.3 is 0 Å². The van der Waals surface area contributed by atoms with E-state index in [4.69, 9.17) is 4.74 Å². The molecule has 152 valence electrons. The molecule has 6 heteroatoms. The maximum Gasteiger partial charge on any atom is 0.253 e. The number of ether oxygens (including phenoxy) is 1. The Morgan fingerprint density at radius 3 is 2.21 bits per heavy atom. The maximum absolute atomic E-state index is 13.4. The average Bonchev–Trinajstić information content (AvgIpc) is 3.44. The molecule has 0 bridgehead atoms. The van der Waals surface area contributed by atoms with Crippen molar-refractivity contribution in [2.24, 2.45) is 5.92 Å². The highest BCUT2D eigenvalue weighted by atomic mass is 19.1. The van der Waals surface area contributed by atoms with E-state index in [0.29, 0.717) is 24.4 Å². The molecular formula is C23H25FN2O3. The van der Waals surface area contributed by atoms with Gasteiger partial charge in [-0.3, -0.25) is 9.59 Å². The molecule has 29 heavy (non-hydrogen) atoms. The van der Waals surface area contributed by atoms with Crippen molar-refractivity contribution >= 4 is 11.8 Å². The lowest BCUT2D eigenvalue weighted by atomic mass is 9.88. The summed E-state index contributed by atoms with van der Waals surface area (Å²) in [5.41, 5.74) is 1.46. The smallest absolute Gasteiger partial charge is 0.253 e. The second-order valence-corrected chi connectivity index (χ2v) is 7.74. The van der Waals surface area contributed by atoms with Crippen LogP contribution >= 0.6 is 0 Å². The topological polar surface area (TPSA) is 49.9 Å². The van der Waals surface area contributed by atoms with Gasteiger partial charge in [-0.05, 0) is 54.8 Å². The Kier molecular flexibility index (Phi) is 5.51. The Hall–Kier alpha value is -2.89. The molecule has 2 heterocycles. The summed E-state index contributed by atoms with van der Waals surface area (Å²) in [4.78, 5) is 29.9. The molecule has 2 fully saturated rings. The standard InChI is InChI=1S/C23H25FN2O3/c1-29-19-10-6-17(7-11-19)22(27)26-14-20(16-4-8-18(24)9-5-16)21(15-26)23(28)25-12-2-3-13-25/h4-11,20-21H,2-3,12-15H2,1H3/t20-,21+/m0/s1. The van der Waals surface area contributed by atoms with Gasteiger partial charge in [0.1, 0.15) is 11.6 Å². The molecule has 4 rings (SSSR count). The van der Waals surface area contributed by atoms with E-state index in [0.717, 1.165) is 31.5 Å². The summed E-state index contributed by atoms with van der Waals surface area (Å²) < 4.78 is 18.6. The highest BCUT2D eigenvalue weighted by Crippen LogP contribution is 2.35. The van der Waals surface area contributed by atoms with Crippen LogP contribution in [-0.4, -0.2) is 54.9 Å². The molecule has 0 radical (unpaired) electrons. The van der Waals surface area contributed by atoms with Crippen molar-refractivity contribution < 1.29 is 18.7 Å². The van der Waals surface area contributed by atoms with Crippen LogP contribution in [0.1, 0.15) is 34.7 Å². The van der Waals surface area contributed by atoms with Gasteiger partial charge in [0.2, 0.25) is 5.91 Å². The Morgan fingerprint density at radius 1 is 0.931 bits per heavy atom. The molecule has 2 atom stereocenters. The highest BCUT2D eigenvalue weighted by Gasteiger charge is 2.42. The summed E-state index contributed by atoms with van der Waals surface area (Å²) in [5.74, 6) is -0.0559. The summed E-state index contributed by atoms with van der Waals surface area (Å²) in [7, 11) is 1.58. The third-order valence-corrected chi connectivity index (χ3v) is 5.98. The summed E-state index contributed by atoms with van der Waals surface area (Å²) in [6, 6.07) is 13.3. The molecule has 2 aromatic carbocycles. The zero-order chi connectivity index (χ0) is 20.4. The van der Waals surface area contributed by atoms with E-state index >= 15 is 0 Å². The van der Waals surface area contributed by atoms with Crippen molar-refractivity contribution in [2.75, 3.05) is 33.3 Å². The van der Waals surface area contributed by atoms with Crippen molar-refractivity contribution in [3.05, 3.63) is 65.5 Å². The quantitative estimate of drug-likeness (QED) is 0.797. The van der Waals surface area contributed by atoms with Gasteiger partial charge in [0, 0.05) is 37.7 Å². The van der Waals surface area contributed by atoms with E-state index in [2.05, 4.69) is 0 Å². The predicted octanol–water partition coefficient (Wildman–Crippen LogP) is 3.31. The van der Waals surface area contributed by atoms with E-state index < -0.39 is 0 Å². The molecule has 0 N–H and O–H groups in total. The molecule has 2 aromatic rings. The summed E-state index contributed by atoms with van der Waals surface area (Å²) >= 11 is 0. The number of carbonyl (C=O) groups is 2. The van der Waals surface area contributed by atoms with Crippen LogP contribution in [0.5, 0.6) is 5.75 Å². The number of methoxy groups -OCH3 is 1. The molecule has 0 aliphatic carbocycles. The number of amides is 2. The van der Waals surface area contributed by atoms with Crippen LogP contribution in [0, 0.1) is 11.7 Å². The molecule has 2 amide bonds. The van der Waals surface area contributed by atoms with Gasteiger partial charge in [0.25, 0.3) is 5.91 Å². The van der Waals surface area contributed by atoms with Gasteiger partial charge in [0.15, 0.2) is 0 Å². The Balaban J connectivity index is 1.58. The SMILES string of the molecule is COc1ccc(C(=O)N2C[C@@H](C(=O)N3CCCC3)[C@H](c3ccc(F)cc3)C2)cc1. The van der Waals surface area contributed by atoms with Gasteiger partial charge in [-0.25, -0.2) is 4.39 Å². The van der Waals surface area contributed by atoms with E-state index in [9.17, 15) is 14.0 Å². The van der Waals surface area contributed by atoms with Crippen molar-refractivity contribution in [3.63, 3.8) is 0 Å². The summed E-state index contributed by atoms with van der Waals surface area (Å²) in [6.07, 6.45) is 2.04. The fourth-order valence-electron chi connectivity index (χ4n) is 4.36. The molecule has 0 spiro atoms. The Bertz CT molecular complexity index is 876. The van der Waals surface area contributed by atoms with Gasteiger partial charge in [-0.1, -0.05) is 12.1 Å². The second kappa shape index (κ2) is 8.23. The number of hydrogen-bond acceptors (Lipinski definition) is 3. The number of nitrogens with zero attached hydrogens (tertiary/aromatic N) is 2. The third-order valence-electron chi connectivity index (χ3n) is 5.98. The predicted molar refractivity (Wildman–Crippen MR) is 107 cm³/mol. The van der Waals surface area contributed by atoms with Gasteiger partial charge in [0.05, 0.1) is 13.0 Å². The molecular weight excluding hydrogens is 371 g/mol. The monoisotopic (exact) mass is 396 g/mol. The molecule has 0 saturated carbocycles. The normalized spacial score (nSPS) is 21.4. The minimum atomic E-state index is -0.305. The Morgan fingerprint density at radius 2 is 1.59 bits per heavy atom. The van der Waals surface area contributed by atoms with Gasteiger partial charge < -0.3 is 14.5 Å². The molecule has 2 saturated heterocycles. The maximum atomic E-state index is 13.4. The first-order valence-corrected chi connectivity index (χ1v) is 10.0. The van der Waals surface area contributed by atoms with Crippen LogP contribution in [0.3, 0.4) is 0 Å². The lowest BCUT2D eigenvalue weighted by molar-refractivity contribution is -0.134. The van der Waals surface area contributed by atoms with E-state index in [1.165, 1.54) is 12.1 Å². The zero-order valence-corrected chi connectivity index (χ0v) is 16.5. The van der Waals surface area contributed by atoms with Crippen LogP contribution in [0.2, 0.25) is 0 Å². The first kappa shape index (κ1) is 19.4. The van der Waals surface area contributed by atoms with Crippen LogP contribution < -0.4 is 4.74 Å². The highest BCUT2D eigenvalue weighted by molar-refractivity contribution is 5.95. The van der Waals surface area contributed by atoms with Crippen LogP contribution in [0.25, 0.3) is 0 Å². The van der Waals surface area contributed by atoms with Crippen molar-refractivity contribution in [1.29, 1.82) is 0 Å². The van der Waals surface area contributed by atoms with E-state index in [1.807, 2.05) is 4.90 Å². The first-order valence-electron chi connectivity index (χ1n) is 10.0. The first-order chi connectivity index (χ1) is 14.1. The van der Waals surface area contributed by atoms with Gasteiger partial charge in [-0.2, -0.15) is 0 Å². The minimum absolute atomic E-state index is 0.0989. The van der Waals surface area contributed by atoms with Crippen molar-refractivity contribution in [1.82, 2.24) is 9.80 Å². The van der Waals surface area contributed by atoms with Crippen molar-refractivity contribution in [3.8, 4) is 5.75 Å². The van der Waals surface area contributed by atoms with Crippen molar-refractivity contribution in [2.45, 2.75) is 18.8 Å². The van der Waals surface area contributed by atoms with E-state index in [-0.39, 0.29) is 29.5 Å². The van der Waals surface area contributed by atoms with Crippen LogP contribution in [0.15, 0.2) is 48.5 Å². The molecule has 0 unspecified atom stereocenters. The molecule has 2 aliphatic rings.